The molecule has 2 N–H and O–H groups in total. The van der Waals surface area contributed by atoms with Gasteiger partial charge in [-0.1, -0.05) is 30.9 Å². The van der Waals surface area contributed by atoms with Gasteiger partial charge >= 0.3 is 0 Å². The second kappa shape index (κ2) is 9.29. The average Bonchev–Trinajstić information content (AvgIpc) is 2.98. The van der Waals surface area contributed by atoms with Crippen LogP contribution in [0.1, 0.15) is 74.3 Å². The van der Waals surface area contributed by atoms with Gasteiger partial charge in [0.2, 0.25) is 0 Å². The van der Waals surface area contributed by atoms with Gasteiger partial charge in [0.05, 0.1) is 12.2 Å². The number of rotatable bonds is 6. The third kappa shape index (κ3) is 5.01. The molecule has 0 radical (unpaired) electrons. The first-order chi connectivity index (χ1) is 12.3. The van der Waals surface area contributed by atoms with Crippen molar-refractivity contribution in [2.75, 3.05) is 26.2 Å². The van der Waals surface area contributed by atoms with E-state index in [1.807, 2.05) is 4.68 Å². The molecule has 0 bridgehead atoms. The van der Waals surface area contributed by atoms with Crippen molar-refractivity contribution >= 4 is 5.91 Å². The fourth-order valence-electron chi connectivity index (χ4n) is 4.08. The Balaban J connectivity index is 1.57. The molecule has 2 fully saturated rings. The average molecular weight is 349 g/mol. The van der Waals surface area contributed by atoms with E-state index < -0.39 is 0 Å². The molecule has 140 valence electrons. The Hall–Kier alpha value is -1.47. The Morgan fingerprint density at radius 2 is 1.92 bits per heavy atom. The van der Waals surface area contributed by atoms with E-state index in [9.17, 15) is 4.79 Å². The quantitative estimate of drug-likeness (QED) is 0.604. The molecular formula is C18H31N5O2. The van der Waals surface area contributed by atoms with Crippen LogP contribution in [0.25, 0.3) is 0 Å². The van der Waals surface area contributed by atoms with Crippen LogP contribution in [0.2, 0.25) is 0 Å². The zero-order valence-electron chi connectivity index (χ0n) is 15.1. The highest BCUT2D eigenvalue weighted by Gasteiger charge is 2.28. The molecule has 0 aromatic carbocycles. The minimum atomic E-state index is -0.212. The van der Waals surface area contributed by atoms with Crippen molar-refractivity contribution in [2.24, 2.45) is 0 Å². The second-order valence-corrected chi connectivity index (χ2v) is 7.35. The lowest BCUT2D eigenvalue weighted by Crippen LogP contribution is -2.43. The zero-order valence-corrected chi connectivity index (χ0v) is 15.1. The highest BCUT2D eigenvalue weighted by atomic mass is 16.3. The Morgan fingerprint density at radius 1 is 1.16 bits per heavy atom. The van der Waals surface area contributed by atoms with Crippen LogP contribution in [0.15, 0.2) is 6.20 Å². The van der Waals surface area contributed by atoms with E-state index >= 15 is 0 Å². The van der Waals surface area contributed by atoms with Crippen LogP contribution in [-0.4, -0.2) is 63.2 Å². The van der Waals surface area contributed by atoms with E-state index in [-0.39, 0.29) is 12.5 Å². The fraction of sp³-hybridized carbons (Fsp3) is 0.833. The molecule has 1 atom stereocenters. The van der Waals surface area contributed by atoms with Gasteiger partial charge in [0.1, 0.15) is 0 Å². The summed E-state index contributed by atoms with van der Waals surface area (Å²) < 4.78 is 1.88. The first-order valence-corrected chi connectivity index (χ1v) is 9.83. The third-order valence-electron chi connectivity index (χ3n) is 5.51. The van der Waals surface area contributed by atoms with Gasteiger partial charge in [-0.15, -0.1) is 5.10 Å². The number of nitrogens with zero attached hydrogens (tertiary/aromatic N) is 4. The number of amides is 1. The number of hydrogen-bond acceptors (Lipinski definition) is 5. The maximum Gasteiger partial charge on any atom is 0.273 e. The summed E-state index contributed by atoms with van der Waals surface area (Å²) in [5, 5.41) is 19.8. The molecule has 7 heteroatoms. The van der Waals surface area contributed by atoms with Gasteiger partial charge in [-0.2, -0.15) is 0 Å². The highest BCUT2D eigenvalue weighted by molar-refractivity contribution is 5.91. The molecule has 25 heavy (non-hydrogen) atoms. The number of carbonyl (C=O) groups excluding carboxylic acids is 1. The maximum atomic E-state index is 12.0. The first kappa shape index (κ1) is 18.3. The summed E-state index contributed by atoms with van der Waals surface area (Å²) >= 11 is 0. The van der Waals surface area contributed by atoms with Crippen molar-refractivity contribution in [2.45, 2.75) is 69.9 Å². The van der Waals surface area contributed by atoms with Gasteiger partial charge in [-0.25, -0.2) is 4.68 Å². The summed E-state index contributed by atoms with van der Waals surface area (Å²) in [5.74, 6) is -0.212. The number of aliphatic hydroxyl groups is 1. The number of nitrogens with one attached hydrogen (secondary N) is 1. The molecule has 2 heterocycles. The SMILES string of the molecule is O=C(NCCCO)c1cn(C2CCCN(C3CCCCCC3)C2)nn1. The molecule has 1 aromatic heterocycles. The smallest absolute Gasteiger partial charge is 0.273 e. The molecule has 0 spiro atoms. The van der Waals surface area contributed by atoms with Gasteiger partial charge < -0.3 is 10.4 Å². The molecule has 2 aliphatic rings. The zero-order chi connectivity index (χ0) is 17.5. The van der Waals surface area contributed by atoms with Crippen LogP contribution in [0, 0.1) is 0 Å². The first-order valence-electron chi connectivity index (χ1n) is 9.83. The number of aliphatic hydroxyl groups excluding tert-OH is 1. The Kier molecular flexibility index (Phi) is 6.81. The molecule has 7 nitrogen and oxygen atoms in total. The van der Waals surface area contributed by atoms with E-state index in [0.29, 0.717) is 24.7 Å². The van der Waals surface area contributed by atoms with E-state index in [2.05, 4.69) is 20.5 Å². The summed E-state index contributed by atoms with van der Waals surface area (Å²) in [5.41, 5.74) is 0.365. The van der Waals surface area contributed by atoms with Crippen LogP contribution >= 0.6 is 0 Å². The van der Waals surface area contributed by atoms with Gasteiger partial charge in [-0.3, -0.25) is 9.69 Å². The van der Waals surface area contributed by atoms with E-state index in [0.717, 1.165) is 19.0 Å². The number of piperidine rings is 1. The van der Waals surface area contributed by atoms with Crippen molar-refractivity contribution in [3.05, 3.63) is 11.9 Å². The van der Waals surface area contributed by atoms with E-state index in [4.69, 9.17) is 5.11 Å². The highest BCUT2D eigenvalue weighted by Crippen LogP contribution is 2.28. The molecule has 1 aromatic rings. The van der Waals surface area contributed by atoms with Crippen molar-refractivity contribution in [3.8, 4) is 0 Å². The standard InChI is InChI=1S/C18H31N5O2/c24-12-6-10-19-18(25)17-14-23(21-20-17)16-9-5-11-22(13-16)15-7-3-1-2-4-8-15/h14-16,24H,1-13H2,(H,19,25). The van der Waals surface area contributed by atoms with Gasteiger partial charge in [-0.05, 0) is 38.6 Å². The predicted molar refractivity (Wildman–Crippen MR) is 95.4 cm³/mol. The summed E-state index contributed by atoms with van der Waals surface area (Å²) in [6.07, 6.45) is 12.7. The lowest BCUT2D eigenvalue weighted by atomic mass is 10.00. The number of aromatic nitrogens is 3. The Labute approximate surface area is 149 Å². The Bertz CT molecular complexity index is 539. The van der Waals surface area contributed by atoms with Gasteiger partial charge in [0.15, 0.2) is 5.69 Å². The molecule has 3 rings (SSSR count). The van der Waals surface area contributed by atoms with Crippen LogP contribution in [0.5, 0.6) is 0 Å². The van der Waals surface area contributed by atoms with Crippen molar-refractivity contribution < 1.29 is 9.90 Å². The van der Waals surface area contributed by atoms with Gasteiger partial charge in [0, 0.05) is 25.7 Å². The lowest BCUT2D eigenvalue weighted by Gasteiger charge is -2.38. The third-order valence-corrected chi connectivity index (χ3v) is 5.51. The largest absolute Gasteiger partial charge is 0.396 e. The summed E-state index contributed by atoms with van der Waals surface area (Å²) in [6, 6.07) is 1.03. The van der Waals surface area contributed by atoms with Crippen LogP contribution in [0.3, 0.4) is 0 Å². The maximum absolute atomic E-state index is 12.0. The van der Waals surface area contributed by atoms with E-state index in [1.165, 1.54) is 51.5 Å². The molecule has 1 unspecified atom stereocenters. The molecule has 1 saturated carbocycles. The molecule has 1 aliphatic carbocycles. The fourth-order valence-corrected chi connectivity index (χ4v) is 4.08. The second-order valence-electron chi connectivity index (χ2n) is 7.35. The molecule has 1 saturated heterocycles. The Morgan fingerprint density at radius 3 is 2.68 bits per heavy atom. The van der Waals surface area contributed by atoms with Gasteiger partial charge in [0.25, 0.3) is 5.91 Å². The molecule has 1 amide bonds. The lowest BCUT2D eigenvalue weighted by molar-refractivity contribution is 0.0945. The summed E-state index contributed by atoms with van der Waals surface area (Å²) in [6.45, 7) is 2.73. The molecule has 1 aliphatic heterocycles. The number of carbonyl (C=O) groups is 1. The monoisotopic (exact) mass is 349 g/mol. The predicted octanol–water partition coefficient (Wildman–Crippen LogP) is 1.75. The van der Waals surface area contributed by atoms with Crippen molar-refractivity contribution in [1.82, 2.24) is 25.2 Å². The van der Waals surface area contributed by atoms with Crippen LogP contribution in [0.4, 0.5) is 0 Å². The summed E-state index contributed by atoms with van der Waals surface area (Å²) in [7, 11) is 0. The van der Waals surface area contributed by atoms with Crippen molar-refractivity contribution in [1.29, 1.82) is 0 Å². The van der Waals surface area contributed by atoms with Crippen LogP contribution < -0.4 is 5.32 Å². The minimum Gasteiger partial charge on any atom is -0.396 e. The minimum absolute atomic E-state index is 0.0754. The number of hydrogen-bond donors (Lipinski definition) is 2. The molecular weight excluding hydrogens is 318 g/mol. The van der Waals surface area contributed by atoms with Crippen LogP contribution in [-0.2, 0) is 0 Å². The topological polar surface area (TPSA) is 83.3 Å². The van der Waals surface area contributed by atoms with Crippen molar-refractivity contribution in [3.63, 3.8) is 0 Å². The summed E-state index contributed by atoms with van der Waals surface area (Å²) in [4.78, 5) is 14.7. The van der Waals surface area contributed by atoms with E-state index in [1.54, 1.807) is 6.20 Å². The normalized spacial score (nSPS) is 23.3. The number of likely N-dealkylation sites (tertiary alicyclic amines) is 1.